The number of hydrogen-bond acceptors (Lipinski definition) is 6. The highest BCUT2D eigenvalue weighted by Gasteiger charge is 2.10. The lowest BCUT2D eigenvalue weighted by Gasteiger charge is -2.20. The average molecular weight is 250 g/mol. The number of rotatable bonds is 7. The highest BCUT2D eigenvalue weighted by Crippen LogP contribution is 2.07. The molecule has 96 valence electrons. The Hall–Kier alpha value is -2.20. The first-order valence-corrected chi connectivity index (χ1v) is 5.35. The van der Waals surface area contributed by atoms with Crippen LogP contribution in [-0.4, -0.2) is 47.8 Å². The van der Waals surface area contributed by atoms with Gasteiger partial charge < -0.3 is 14.7 Å². The average Bonchev–Trinajstić information content (AvgIpc) is 2.39. The minimum Gasteiger partial charge on any atom is -0.478 e. The zero-order valence-corrected chi connectivity index (χ0v) is 10.0. The van der Waals surface area contributed by atoms with Gasteiger partial charge in [-0.05, 0) is 0 Å². The molecule has 0 saturated carbocycles. The van der Waals surface area contributed by atoms with Gasteiger partial charge in [0.2, 0.25) is 5.95 Å². The Bertz CT molecular complexity index is 427. The molecule has 0 radical (unpaired) electrons. The molecule has 1 rings (SSSR count). The summed E-state index contributed by atoms with van der Waals surface area (Å²) in [7, 11) is 1.58. The van der Waals surface area contributed by atoms with Gasteiger partial charge in [0.25, 0.3) is 0 Å². The second kappa shape index (κ2) is 7.19. The Kier molecular flexibility index (Phi) is 5.54. The molecule has 7 heteroatoms. The SMILES string of the molecule is COCCN(CCC#N)c1ncc(C(=O)O)cn1. The van der Waals surface area contributed by atoms with Crippen LogP contribution in [0.15, 0.2) is 12.4 Å². The molecule has 0 aromatic carbocycles. The highest BCUT2D eigenvalue weighted by molar-refractivity contribution is 5.86. The molecular weight excluding hydrogens is 236 g/mol. The van der Waals surface area contributed by atoms with Gasteiger partial charge in [0.15, 0.2) is 0 Å². The van der Waals surface area contributed by atoms with Crippen molar-refractivity contribution in [2.24, 2.45) is 0 Å². The molecule has 0 unspecified atom stereocenters. The third-order valence-corrected chi connectivity index (χ3v) is 2.23. The molecule has 0 fully saturated rings. The van der Waals surface area contributed by atoms with Gasteiger partial charge in [-0.3, -0.25) is 0 Å². The first-order valence-electron chi connectivity index (χ1n) is 5.35. The Balaban J connectivity index is 2.77. The number of carbonyl (C=O) groups is 1. The Labute approximate surface area is 105 Å². The van der Waals surface area contributed by atoms with Crippen LogP contribution in [-0.2, 0) is 4.74 Å². The maximum Gasteiger partial charge on any atom is 0.338 e. The monoisotopic (exact) mass is 250 g/mol. The Morgan fingerprint density at radius 2 is 2.17 bits per heavy atom. The summed E-state index contributed by atoms with van der Waals surface area (Å²) in [5.74, 6) is -0.672. The van der Waals surface area contributed by atoms with Crippen molar-refractivity contribution in [2.75, 3.05) is 31.7 Å². The minimum absolute atomic E-state index is 0.0331. The largest absolute Gasteiger partial charge is 0.478 e. The highest BCUT2D eigenvalue weighted by atomic mass is 16.5. The van der Waals surface area contributed by atoms with Crippen molar-refractivity contribution in [3.05, 3.63) is 18.0 Å². The lowest BCUT2D eigenvalue weighted by atomic mass is 10.3. The van der Waals surface area contributed by atoms with E-state index in [0.717, 1.165) is 0 Å². The maximum absolute atomic E-state index is 10.7. The Morgan fingerprint density at radius 1 is 1.50 bits per heavy atom. The van der Waals surface area contributed by atoms with Crippen LogP contribution in [0.2, 0.25) is 0 Å². The molecule has 0 aliphatic carbocycles. The number of nitrogens with zero attached hydrogens (tertiary/aromatic N) is 4. The summed E-state index contributed by atoms with van der Waals surface area (Å²) in [6.07, 6.45) is 2.83. The molecule has 0 amide bonds. The topological polar surface area (TPSA) is 99.3 Å². The summed E-state index contributed by atoms with van der Waals surface area (Å²) in [6, 6.07) is 2.04. The number of methoxy groups -OCH3 is 1. The molecule has 1 aromatic rings. The van der Waals surface area contributed by atoms with E-state index in [1.165, 1.54) is 12.4 Å². The van der Waals surface area contributed by atoms with Crippen molar-refractivity contribution in [3.8, 4) is 6.07 Å². The number of hydrogen-bond donors (Lipinski definition) is 1. The molecule has 0 saturated heterocycles. The number of carboxylic acid groups (broad SMARTS) is 1. The van der Waals surface area contributed by atoms with E-state index in [-0.39, 0.29) is 5.56 Å². The zero-order chi connectivity index (χ0) is 13.4. The molecule has 1 aromatic heterocycles. The van der Waals surface area contributed by atoms with Gasteiger partial charge in [0, 0.05) is 32.6 Å². The van der Waals surface area contributed by atoms with Crippen molar-refractivity contribution in [1.29, 1.82) is 5.26 Å². The van der Waals surface area contributed by atoms with Crippen LogP contribution in [0, 0.1) is 11.3 Å². The van der Waals surface area contributed by atoms with Crippen LogP contribution >= 0.6 is 0 Å². The predicted molar refractivity (Wildman–Crippen MR) is 63.3 cm³/mol. The van der Waals surface area contributed by atoms with E-state index in [9.17, 15) is 4.79 Å². The molecule has 0 bridgehead atoms. The number of nitriles is 1. The number of carboxylic acids is 1. The van der Waals surface area contributed by atoms with E-state index >= 15 is 0 Å². The minimum atomic E-state index is -1.07. The molecule has 0 aliphatic rings. The molecule has 0 spiro atoms. The van der Waals surface area contributed by atoms with Crippen LogP contribution in [0.5, 0.6) is 0 Å². The molecule has 7 nitrogen and oxygen atoms in total. The van der Waals surface area contributed by atoms with Crippen LogP contribution in [0.25, 0.3) is 0 Å². The third kappa shape index (κ3) is 3.99. The molecular formula is C11H14N4O3. The number of aromatic nitrogens is 2. The molecule has 18 heavy (non-hydrogen) atoms. The molecule has 1 N–H and O–H groups in total. The smallest absolute Gasteiger partial charge is 0.338 e. The quantitative estimate of drug-likeness (QED) is 0.753. The van der Waals surface area contributed by atoms with Crippen LogP contribution < -0.4 is 4.90 Å². The van der Waals surface area contributed by atoms with Crippen molar-refractivity contribution in [2.45, 2.75) is 6.42 Å². The van der Waals surface area contributed by atoms with Gasteiger partial charge in [-0.1, -0.05) is 0 Å². The second-order valence-corrected chi connectivity index (χ2v) is 3.46. The summed E-state index contributed by atoms with van der Waals surface area (Å²) < 4.78 is 4.96. The predicted octanol–water partition coefficient (Wildman–Crippen LogP) is 0.541. The normalized spacial score (nSPS) is 9.78. The van der Waals surface area contributed by atoms with Crippen molar-refractivity contribution in [1.82, 2.24) is 9.97 Å². The Morgan fingerprint density at radius 3 is 2.67 bits per heavy atom. The van der Waals surface area contributed by atoms with E-state index in [2.05, 4.69) is 9.97 Å². The van der Waals surface area contributed by atoms with Crippen LogP contribution in [0.4, 0.5) is 5.95 Å². The molecule has 1 heterocycles. The van der Waals surface area contributed by atoms with Crippen molar-refractivity contribution >= 4 is 11.9 Å². The van der Waals surface area contributed by atoms with Gasteiger partial charge in [-0.2, -0.15) is 5.26 Å². The van der Waals surface area contributed by atoms with Gasteiger partial charge in [0.1, 0.15) is 0 Å². The van der Waals surface area contributed by atoms with Gasteiger partial charge in [-0.25, -0.2) is 14.8 Å². The number of anilines is 1. The summed E-state index contributed by atoms with van der Waals surface area (Å²) in [6.45, 7) is 1.51. The van der Waals surface area contributed by atoms with Gasteiger partial charge >= 0.3 is 5.97 Å². The van der Waals surface area contributed by atoms with Crippen molar-refractivity contribution in [3.63, 3.8) is 0 Å². The van der Waals surface area contributed by atoms with Crippen LogP contribution in [0.3, 0.4) is 0 Å². The lowest BCUT2D eigenvalue weighted by Crippen LogP contribution is -2.30. The molecule has 0 atom stereocenters. The number of ether oxygens (including phenoxy) is 1. The van der Waals surface area contributed by atoms with E-state index in [4.69, 9.17) is 15.1 Å². The summed E-state index contributed by atoms with van der Waals surface area (Å²) >= 11 is 0. The first-order chi connectivity index (χ1) is 8.69. The summed E-state index contributed by atoms with van der Waals surface area (Å²) in [4.78, 5) is 20.4. The zero-order valence-electron chi connectivity index (χ0n) is 10.0. The standard InChI is InChI=1S/C11H14N4O3/c1-18-6-5-15(4-2-3-12)11-13-7-9(8-14-11)10(16)17/h7-8H,2,4-6H2,1H3,(H,16,17). The van der Waals surface area contributed by atoms with Gasteiger partial charge in [-0.15, -0.1) is 0 Å². The third-order valence-electron chi connectivity index (χ3n) is 2.23. The van der Waals surface area contributed by atoms with E-state index < -0.39 is 5.97 Å². The second-order valence-electron chi connectivity index (χ2n) is 3.46. The summed E-state index contributed by atoms with van der Waals surface area (Å²) in [5.41, 5.74) is 0.0331. The van der Waals surface area contributed by atoms with Crippen LogP contribution in [0.1, 0.15) is 16.8 Å². The van der Waals surface area contributed by atoms with E-state index in [1.807, 2.05) is 6.07 Å². The van der Waals surface area contributed by atoms with E-state index in [1.54, 1.807) is 12.0 Å². The lowest BCUT2D eigenvalue weighted by molar-refractivity contribution is 0.0696. The fourth-order valence-electron chi connectivity index (χ4n) is 1.29. The first kappa shape index (κ1) is 13.9. The van der Waals surface area contributed by atoms with Gasteiger partial charge in [0.05, 0.1) is 24.7 Å². The van der Waals surface area contributed by atoms with Crippen molar-refractivity contribution < 1.29 is 14.6 Å². The maximum atomic E-state index is 10.7. The molecule has 0 aliphatic heterocycles. The fraction of sp³-hybridized carbons (Fsp3) is 0.455. The number of aromatic carboxylic acids is 1. The fourth-order valence-corrected chi connectivity index (χ4v) is 1.29. The van der Waals surface area contributed by atoms with E-state index in [0.29, 0.717) is 32.1 Å². The summed E-state index contributed by atoms with van der Waals surface area (Å²) in [5, 5.41) is 17.3.